The second kappa shape index (κ2) is 8.11. The zero-order valence-electron chi connectivity index (χ0n) is 12.1. The minimum atomic E-state index is 0.842. The van der Waals surface area contributed by atoms with Crippen LogP contribution in [-0.4, -0.2) is 32.6 Å². The molecule has 0 saturated carbocycles. The van der Waals surface area contributed by atoms with E-state index >= 15 is 0 Å². The molecule has 0 radical (unpaired) electrons. The Hall–Kier alpha value is -1.06. The van der Waals surface area contributed by atoms with Crippen LogP contribution in [0.15, 0.2) is 18.2 Å². The van der Waals surface area contributed by atoms with E-state index in [1.165, 1.54) is 24.0 Å². The quantitative estimate of drug-likeness (QED) is 0.767. The molecule has 0 bridgehead atoms. The predicted molar refractivity (Wildman–Crippen MR) is 77.0 cm³/mol. The van der Waals surface area contributed by atoms with Crippen LogP contribution >= 0.6 is 0 Å². The van der Waals surface area contributed by atoms with E-state index in [4.69, 9.17) is 4.74 Å². The third-order valence-corrected chi connectivity index (χ3v) is 3.06. The van der Waals surface area contributed by atoms with Crippen LogP contribution in [0.2, 0.25) is 0 Å². The topological polar surface area (TPSA) is 24.5 Å². The van der Waals surface area contributed by atoms with Gasteiger partial charge in [-0.3, -0.25) is 0 Å². The molecular weight excluding hydrogens is 224 g/mol. The van der Waals surface area contributed by atoms with Gasteiger partial charge < -0.3 is 15.0 Å². The van der Waals surface area contributed by atoms with Crippen LogP contribution in [0.3, 0.4) is 0 Å². The molecule has 102 valence electrons. The number of benzene rings is 1. The third-order valence-electron chi connectivity index (χ3n) is 3.06. The second-order valence-electron chi connectivity index (χ2n) is 4.77. The molecule has 3 nitrogen and oxygen atoms in total. The van der Waals surface area contributed by atoms with E-state index in [-0.39, 0.29) is 0 Å². The molecule has 1 rings (SSSR count). The van der Waals surface area contributed by atoms with Gasteiger partial charge in [-0.15, -0.1) is 0 Å². The summed E-state index contributed by atoms with van der Waals surface area (Å²) in [5.74, 6) is 0.978. The average Bonchev–Trinajstić information content (AvgIpc) is 2.38. The summed E-state index contributed by atoms with van der Waals surface area (Å²) < 4.78 is 5.44. The number of nitrogens with one attached hydrogen (secondary N) is 1. The molecule has 0 amide bonds. The molecule has 1 aromatic carbocycles. The van der Waals surface area contributed by atoms with Gasteiger partial charge in [0.05, 0.1) is 7.11 Å². The summed E-state index contributed by atoms with van der Waals surface area (Å²) in [6.07, 6.45) is 2.50. The number of hydrogen-bond acceptors (Lipinski definition) is 3. The van der Waals surface area contributed by atoms with E-state index < -0.39 is 0 Å². The van der Waals surface area contributed by atoms with Crippen molar-refractivity contribution in [2.45, 2.75) is 32.9 Å². The molecular formula is C15H26N2O. The summed E-state index contributed by atoms with van der Waals surface area (Å²) in [4.78, 5) is 2.36. The van der Waals surface area contributed by atoms with Gasteiger partial charge in [0.15, 0.2) is 0 Å². The molecule has 0 unspecified atom stereocenters. The Bertz CT molecular complexity index is 352. The fourth-order valence-electron chi connectivity index (χ4n) is 2.04. The monoisotopic (exact) mass is 250 g/mol. The van der Waals surface area contributed by atoms with Gasteiger partial charge >= 0.3 is 0 Å². The van der Waals surface area contributed by atoms with Gasteiger partial charge in [0, 0.05) is 18.7 Å². The number of methoxy groups -OCH3 is 1. The lowest BCUT2D eigenvalue weighted by atomic mass is 10.1. The van der Waals surface area contributed by atoms with Crippen molar-refractivity contribution < 1.29 is 4.74 Å². The molecule has 1 aromatic rings. The highest BCUT2D eigenvalue weighted by Crippen LogP contribution is 2.20. The summed E-state index contributed by atoms with van der Waals surface area (Å²) in [5.41, 5.74) is 2.52. The molecule has 0 aromatic heterocycles. The molecule has 0 aliphatic carbocycles. The zero-order valence-corrected chi connectivity index (χ0v) is 12.1. The Morgan fingerprint density at radius 3 is 2.72 bits per heavy atom. The summed E-state index contributed by atoms with van der Waals surface area (Å²) in [7, 11) is 5.86. The van der Waals surface area contributed by atoms with Crippen molar-refractivity contribution in [3.8, 4) is 5.75 Å². The molecule has 18 heavy (non-hydrogen) atoms. The summed E-state index contributed by atoms with van der Waals surface area (Å²) >= 11 is 0. The van der Waals surface area contributed by atoms with E-state index in [9.17, 15) is 0 Å². The van der Waals surface area contributed by atoms with Crippen molar-refractivity contribution >= 4 is 0 Å². The molecule has 1 N–H and O–H groups in total. The van der Waals surface area contributed by atoms with Gasteiger partial charge in [-0.25, -0.2) is 0 Å². The van der Waals surface area contributed by atoms with Crippen LogP contribution < -0.4 is 10.1 Å². The van der Waals surface area contributed by atoms with Gasteiger partial charge in [-0.05, 0) is 38.7 Å². The van der Waals surface area contributed by atoms with Gasteiger partial charge in [0.2, 0.25) is 0 Å². The Balaban J connectivity index is 2.66. The maximum absolute atomic E-state index is 5.44. The summed E-state index contributed by atoms with van der Waals surface area (Å²) in [6, 6.07) is 6.49. The van der Waals surface area contributed by atoms with Crippen LogP contribution in [0.4, 0.5) is 0 Å². The van der Waals surface area contributed by atoms with Gasteiger partial charge in [-0.1, -0.05) is 25.5 Å². The number of rotatable bonds is 8. The highest BCUT2D eigenvalue weighted by atomic mass is 16.5. The van der Waals surface area contributed by atoms with Crippen molar-refractivity contribution in [2.75, 3.05) is 27.7 Å². The van der Waals surface area contributed by atoms with E-state index in [0.717, 1.165) is 25.4 Å². The van der Waals surface area contributed by atoms with Crippen molar-refractivity contribution in [1.29, 1.82) is 0 Å². The van der Waals surface area contributed by atoms with Crippen LogP contribution in [0.1, 0.15) is 30.9 Å². The molecule has 3 heteroatoms. The van der Waals surface area contributed by atoms with Crippen molar-refractivity contribution in [2.24, 2.45) is 0 Å². The SMILES string of the molecule is CCCCN(C)Cc1ccc(CNC)c(OC)c1. The summed E-state index contributed by atoms with van der Waals surface area (Å²) in [6.45, 7) is 5.20. The molecule has 0 aliphatic heterocycles. The van der Waals surface area contributed by atoms with Gasteiger partial charge in [0.1, 0.15) is 5.75 Å². The van der Waals surface area contributed by atoms with Crippen molar-refractivity contribution in [3.63, 3.8) is 0 Å². The number of ether oxygens (including phenoxy) is 1. The molecule has 0 heterocycles. The lowest BCUT2D eigenvalue weighted by Crippen LogP contribution is -2.19. The van der Waals surface area contributed by atoms with Crippen LogP contribution in [0, 0.1) is 0 Å². The Kier molecular flexibility index (Phi) is 6.76. The third kappa shape index (κ3) is 4.67. The first kappa shape index (κ1) is 15.0. The van der Waals surface area contributed by atoms with E-state index in [1.807, 2.05) is 7.05 Å². The van der Waals surface area contributed by atoms with Gasteiger partial charge in [-0.2, -0.15) is 0 Å². The Morgan fingerprint density at radius 2 is 2.11 bits per heavy atom. The summed E-state index contributed by atoms with van der Waals surface area (Å²) in [5, 5.41) is 3.16. The number of nitrogens with zero attached hydrogens (tertiary/aromatic N) is 1. The Labute approximate surface area is 111 Å². The maximum atomic E-state index is 5.44. The lowest BCUT2D eigenvalue weighted by Gasteiger charge is -2.17. The van der Waals surface area contributed by atoms with Crippen LogP contribution in [-0.2, 0) is 13.1 Å². The number of hydrogen-bond donors (Lipinski definition) is 1. The molecule has 0 aliphatic rings. The molecule has 0 spiro atoms. The van der Waals surface area contributed by atoms with Crippen LogP contribution in [0.25, 0.3) is 0 Å². The first-order valence-electron chi connectivity index (χ1n) is 6.70. The highest BCUT2D eigenvalue weighted by Gasteiger charge is 2.05. The Morgan fingerprint density at radius 1 is 1.33 bits per heavy atom. The minimum absolute atomic E-state index is 0.842. The van der Waals surface area contributed by atoms with E-state index in [1.54, 1.807) is 7.11 Å². The molecule has 0 atom stereocenters. The molecule has 0 fully saturated rings. The van der Waals surface area contributed by atoms with Crippen LogP contribution in [0.5, 0.6) is 5.75 Å². The smallest absolute Gasteiger partial charge is 0.123 e. The van der Waals surface area contributed by atoms with Crippen molar-refractivity contribution in [1.82, 2.24) is 10.2 Å². The first-order valence-corrected chi connectivity index (χ1v) is 6.70. The molecule has 0 saturated heterocycles. The van der Waals surface area contributed by atoms with Gasteiger partial charge in [0.25, 0.3) is 0 Å². The second-order valence-corrected chi connectivity index (χ2v) is 4.77. The highest BCUT2D eigenvalue weighted by molar-refractivity contribution is 5.37. The largest absolute Gasteiger partial charge is 0.496 e. The van der Waals surface area contributed by atoms with E-state index in [2.05, 4.69) is 42.4 Å². The fraction of sp³-hybridized carbons (Fsp3) is 0.600. The maximum Gasteiger partial charge on any atom is 0.123 e. The first-order chi connectivity index (χ1) is 8.71. The van der Waals surface area contributed by atoms with Crippen molar-refractivity contribution in [3.05, 3.63) is 29.3 Å². The standard InChI is InChI=1S/C15H26N2O/c1-5-6-9-17(3)12-13-7-8-14(11-16-2)15(10-13)18-4/h7-8,10,16H,5-6,9,11-12H2,1-4H3. The zero-order chi connectivity index (χ0) is 13.4. The fourth-order valence-corrected chi connectivity index (χ4v) is 2.04. The minimum Gasteiger partial charge on any atom is -0.496 e. The number of unbranched alkanes of at least 4 members (excludes halogenated alkanes) is 1. The normalized spacial score (nSPS) is 10.9. The average molecular weight is 250 g/mol. The lowest BCUT2D eigenvalue weighted by molar-refractivity contribution is 0.320. The van der Waals surface area contributed by atoms with E-state index in [0.29, 0.717) is 0 Å². The predicted octanol–water partition coefficient (Wildman–Crippen LogP) is 2.65.